The monoisotopic (exact) mass is 313 g/mol. The Labute approximate surface area is 123 Å². The van der Waals surface area contributed by atoms with Gasteiger partial charge in [-0.1, -0.05) is 11.6 Å². The van der Waals surface area contributed by atoms with Crippen LogP contribution in [0.1, 0.15) is 12.8 Å². The number of nitrogens with one attached hydrogen (secondary N) is 1. The molecule has 1 aromatic carbocycles. The molecule has 0 radical (unpaired) electrons. The van der Waals surface area contributed by atoms with E-state index in [9.17, 15) is 8.42 Å². The molecule has 0 saturated carbocycles. The fraction of sp³-hybridized carbons (Fsp3) is 0.308. The van der Waals surface area contributed by atoms with Crippen molar-refractivity contribution in [2.24, 2.45) is 0 Å². The number of nitrogens with zero attached hydrogens (tertiary/aromatic N) is 2. The molecule has 0 unspecified atom stereocenters. The first kappa shape index (κ1) is 15.0. The van der Waals surface area contributed by atoms with E-state index in [0.29, 0.717) is 11.6 Å². The molecule has 1 aromatic heterocycles. The molecule has 2 rings (SSSR count). The fourth-order valence-electron chi connectivity index (χ4n) is 1.74. The molecule has 5 nitrogen and oxygen atoms in total. The molecule has 108 valence electrons. The smallest absolute Gasteiger partial charge is 0.240 e. The molecule has 0 aliphatic carbocycles. The lowest BCUT2D eigenvalue weighted by Crippen LogP contribution is -2.24. The lowest BCUT2D eigenvalue weighted by molar-refractivity contribution is 0.566. The molecule has 20 heavy (non-hydrogen) atoms. The zero-order valence-corrected chi connectivity index (χ0v) is 12.4. The third-order valence-corrected chi connectivity index (χ3v) is 4.55. The summed E-state index contributed by atoms with van der Waals surface area (Å²) in [4.78, 5) is 4.18. The second-order valence-corrected chi connectivity index (χ2v) is 6.56. The van der Waals surface area contributed by atoms with Crippen molar-refractivity contribution in [3.63, 3.8) is 0 Å². The van der Waals surface area contributed by atoms with Crippen LogP contribution in [-0.2, 0) is 16.6 Å². The first-order chi connectivity index (χ1) is 9.58. The second-order valence-electron chi connectivity index (χ2n) is 4.36. The minimum absolute atomic E-state index is 0.233. The number of rotatable bonds is 7. The van der Waals surface area contributed by atoms with Crippen LogP contribution in [0.15, 0.2) is 47.9 Å². The Morgan fingerprint density at radius 3 is 2.60 bits per heavy atom. The quantitative estimate of drug-likeness (QED) is 0.798. The summed E-state index contributed by atoms with van der Waals surface area (Å²) in [5.41, 5.74) is 0. The summed E-state index contributed by atoms with van der Waals surface area (Å²) < 4.78 is 28.5. The van der Waals surface area contributed by atoms with Crippen LogP contribution in [0, 0.1) is 0 Å². The van der Waals surface area contributed by atoms with Gasteiger partial charge in [0, 0.05) is 30.5 Å². The number of imidazole rings is 1. The average molecular weight is 314 g/mol. The molecular weight excluding hydrogens is 298 g/mol. The van der Waals surface area contributed by atoms with Crippen LogP contribution in [0.3, 0.4) is 0 Å². The molecule has 0 saturated heterocycles. The van der Waals surface area contributed by atoms with Gasteiger partial charge in [-0.25, -0.2) is 18.1 Å². The zero-order chi connectivity index (χ0) is 14.4. The van der Waals surface area contributed by atoms with Crippen LogP contribution >= 0.6 is 11.6 Å². The summed E-state index contributed by atoms with van der Waals surface area (Å²) in [5, 5.41) is 0.518. The van der Waals surface area contributed by atoms with E-state index >= 15 is 0 Å². The van der Waals surface area contributed by atoms with Gasteiger partial charge in [0.1, 0.15) is 0 Å². The van der Waals surface area contributed by atoms with E-state index in [0.717, 1.165) is 19.4 Å². The maximum absolute atomic E-state index is 12.0. The van der Waals surface area contributed by atoms with E-state index in [-0.39, 0.29) is 4.90 Å². The first-order valence-corrected chi connectivity index (χ1v) is 8.15. The predicted octanol–water partition coefficient (Wildman–Crippen LogP) is 2.30. The summed E-state index contributed by atoms with van der Waals surface area (Å²) in [6, 6.07) is 6.12. The SMILES string of the molecule is O=S(=O)(NCCCCn1ccnc1)c1ccc(Cl)cc1. The second kappa shape index (κ2) is 6.88. The van der Waals surface area contributed by atoms with Crippen LogP contribution in [0.4, 0.5) is 0 Å². The number of aromatic nitrogens is 2. The van der Waals surface area contributed by atoms with Crippen molar-refractivity contribution in [1.82, 2.24) is 14.3 Å². The minimum atomic E-state index is -3.44. The number of halogens is 1. The van der Waals surface area contributed by atoms with Gasteiger partial charge in [-0.3, -0.25) is 0 Å². The Balaban J connectivity index is 1.76. The lowest BCUT2D eigenvalue weighted by Gasteiger charge is -2.07. The highest BCUT2D eigenvalue weighted by atomic mass is 35.5. The number of hydrogen-bond donors (Lipinski definition) is 1. The van der Waals surface area contributed by atoms with Gasteiger partial charge in [-0.05, 0) is 37.1 Å². The van der Waals surface area contributed by atoms with Crippen LogP contribution < -0.4 is 4.72 Å². The van der Waals surface area contributed by atoms with Gasteiger partial charge in [0.2, 0.25) is 10.0 Å². The van der Waals surface area contributed by atoms with Crippen molar-refractivity contribution in [2.45, 2.75) is 24.3 Å². The molecular formula is C13H16ClN3O2S. The van der Waals surface area contributed by atoms with Crippen LogP contribution in [0.5, 0.6) is 0 Å². The number of hydrogen-bond acceptors (Lipinski definition) is 3. The van der Waals surface area contributed by atoms with Crippen LogP contribution in [-0.4, -0.2) is 24.5 Å². The number of aryl methyl sites for hydroxylation is 1. The van der Waals surface area contributed by atoms with Crippen molar-refractivity contribution < 1.29 is 8.42 Å². The van der Waals surface area contributed by atoms with Gasteiger partial charge in [0.05, 0.1) is 11.2 Å². The van der Waals surface area contributed by atoms with E-state index in [1.54, 1.807) is 24.7 Å². The molecule has 0 amide bonds. The maximum Gasteiger partial charge on any atom is 0.240 e. The summed E-state index contributed by atoms with van der Waals surface area (Å²) >= 11 is 5.73. The van der Waals surface area contributed by atoms with Crippen molar-refractivity contribution in [1.29, 1.82) is 0 Å². The molecule has 0 atom stereocenters. The number of benzene rings is 1. The summed E-state index contributed by atoms with van der Waals surface area (Å²) in [7, 11) is -3.44. The Morgan fingerprint density at radius 2 is 1.95 bits per heavy atom. The Bertz CT molecular complexity index is 624. The van der Waals surface area contributed by atoms with Gasteiger partial charge in [0.15, 0.2) is 0 Å². The van der Waals surface area contributed by atoms with E-state index in [2.05, 4.69) is 9.71 Å². The van der Waals surface area contributed by atoms with Gasteiger partial charge >= 0.3 is 0 Å². The summed E-state index contributed by atoms with van der Waals surface area (Å²) in [6.45, 7) is 1.25. The third kappa shape index (κ3) is 4.33. The molecule has 0 spiro atoms. The highest BCUT2D eigenvalue weighted by Gasteiger charge is 2.12. The average Bonchev–Trinajstić information content (AvgIpc) is 2.92. The maximum atomic E-state index is 12.0. The molecule has 0 aliphatic heterocycles. The van der Waals surface area contributed by atoms with E-state index < -0.39 is 10.0 Å². The van der Waals surface area contributed by atoms with Gasteiger partial charge in [-0.2, -0.15) is 0 Å². The molecule has 0 fully saturated rings. The van der Waals surface area contributed by atoms with Crippen molar-refractivity contribution in [3.8, 4) is 0 Å². The minimum Gasteiger partial charge on any atom is -0.337 e. The van der Waals surface area contributed by atoms with Gasteiger partial charge in [0.25, 0.3) is 0 Å². The molecule has 2 aromatic rings. The first-order valence-electron chi connectivity index (χ1n) is 6.29. The molecule has 7 heteroatoms. The Hall–Kier alpha value is -1.37. The topological polar surface area (TPSA) is 64.0 Å². The highest BCUT2D eigenvalue weighted by molar-refractivity contribution is 7.89. The Kier molecular flexibility index (Phi) is 5.17. The van der Waals surface area contributed by atoms with E-state index in [4.69, 9.17) is 11.6 Å². The standard InChI is InChI=1S/C13H16ClN3O2S/c14-12-3-5-13(6-4-12)20(18,19)16-7-1-2-9-17-10-8-15-11-17/h3-6,8,10-11,16H,1-2,7,9H2. The zero-order valence-electron chi connectivity index (χ0n) is 10.9. The van der Waals surface area contributed by atoms with Crippen molar-refractivity contribution >= 4 is 21.6 Å². The molecule has 0 aliphatic rings. The molecule has 0 bridgehead atoms. The van der Waals surface area contributed by atoms with Gasteiger partial charge < -0.3 is 4.57 Å². The van der Waals surface area contributed by atoms with Gasteiger partial charge in [-0.15, -0.1) is 0 Å². The summed E-state index contributed by atoms with van der Waals surface area (Å²) in [6.07, 6.45) is 7.02. The highest BCUT2D eigenvalue weighted by Crippen LogP contribution is 2.13. The third-order valence-electron chi connectivity index (χ3n) is 2.82. The summed E-state index contributed by atoms with van der Waals surface area (Å²) in [5.74, 6) is 0. The van der Waals surface area contributed by atoms with Crippen LogP contribution in [0.25, 0.3) is 0 Å². The Morgan fingerprint density at radius 1 is 1.20 bits per heavy atom. The van der Waals surface area contributed by atoms with Crippen LogP contribution in [0.2, 0.25) is 5.02 Å². The normalized spacial score (nSPS) is 11.7. The predicted molar refractivity (Wildman–Crippen MR) is 78.1 cm³/mol. The fourth-order valence-corrected chi connectivity index (χ4v) is 2.94. The van der Waals surface area contributed by atoms with E-state index in [1.165, 1.54) is 12.1 Å². The van der Waals surface area contributed by atoms with Crippen molar-refractivity contribution in [2.75, 3.05) is 6.54 Å². The van der Waals surface area contributed by atoms with E-state index in [1.807, 2.05) is 10.8 Å². The number of unbranched alkanes of at least 4 members (excludes halogenated alkanes) is 1. The lowest BCUT2D eigenvalue weighted by atomic mass is 10.3. The largest absolute Gasteiger partial charge is 0.337 e. The molecule has 1 N–H and O–H groups in total. The number of sulfonamides is 1. The van der Waals surface area contributed by atoms with Crippen molar-refractivity contribution in [3.05, 3.63) is 48.0 Å². The molecule has 1 heterocycles.